The number of thiocarbonyl (C=S) groups is 1. The average Bonchev–Trinajstić information content (AvgIpc) is 2.85. The van der Waals surface area contributed by atoms with Crippen LogP contribution in [0.25, 0.3) is 11.1 Å². The van der Waals surface area contributed by atoms with Crippen molar-refractivity contribution in [3.63, 3.8) is 0 Å². The van der Waals surface area contributed by atoms with Crippen LogP contribution in [-0.4, -0.2) is 40.0 Å². The van der Waals surface area contributed by atoms with E-state index in [1.807, 2.05) is 36.4 Å². The highest BCUT2D eigenvalue weighted by Crippen LogP contribution is 2.33. The second-order valence-electron chi connectivity index (χ2n) is 8.85. The first-order valence-electron chi connectivity index (χ1n) is 11.4. The molecule has 0 saturated carbocycles. The lowest BCUT2D eigenvalue weighted by atomic mass is 10.1. The summed E-state index contributed by atoms with van der Waals surface area (Å²) in [6.07, 6.45) is 0.327. The van der Waals surface area contributed by atoms with Crippen LogP contribution in [0, 0.1) is 6.92 Å². The first kappa shape index (κ1) is 27.1. The summed E-state index contributed by atoms with van der Waals surface area (Å²) in [5.41, 5.74) is 0.652. The van der Waals surface area contributed by atoms with Crippen LogP contribution in [0.15, 0.2) is 67.0 Å². The van der Waals surface area contributed by atoms with Crippen LogP contribution < -0.4 is 10.1 Å². The van der Waals surface area contributed by atoms with Gasteiger partial charge in [-0.2, -0.15) is 13.2 Å². The summed E-state index contributed by atoms with van der Waals surface area (Å²) in [4.78, 5) is 17.5. The largest absolute Gasteiger partial charge is 0.494 e. The lowest BCUT2D eigenvalue weighted by molar-refractivity contribution is -0.138. The third-order valence-corrected chi connectivity index (χ3v) is 5.99. The van der Waals surface area contributed by atoms with Crippen molar-refractivity contribution < 1.29 is 22.7 Å². The molecule has 0 bridgehead atoms. The van der Waals surface area contributed by atoms with E-state index in [-0.39, 0.29) is 16.4 Å². The molecule has 0 unspecified atom stereocenters. The first-order valence-corrected chi connectivity index (χ1v) is 11.8. The number of ether oxygens (including phenoxy) is 1. The molecule has 2 aromatic carbocycles. The van der Waals surface area contributed by atoms with E-state index >= 15 is 0 Å². The van der Waals surface area contributed by atoms with Gasteiger partial charge in [-0.25, -0.2) is 0 Å². The predicted molar refractivity (Wildman–Crippen MR) is 139 cm³/mol. The number of rotatable bonds is 9. The average molecular weight is 516 g/mol. The van der Waals surface area contributed by atoms with Gasteiger partial charge < -0.3 is 19.7 Å². The summed E-state index contributed by atoms with van der Waals surface area (Å²) in [7, 11) is 0. The molecule has 0 aliphatic rings. The standard InChI is InChI=1S/C27H28F3N3O2S/c1-19-7-10-22(16-24(19)27(28,29)30)32-25(36)33(26(2,3)18-34)14-5-15-35-23-11-8-20(9-12-23)21-6-4-13-31-17-21/h4,6-13,16-18H,5,14-15H2,1-3H3,(H,32,36). The van der Waals surface area contributed by atoms with Gasteiger partial charge in [-0.05, 0) is 86.4 Å². The topological polar surface area (TPSA) is 54.5 Å². The Morgan fingerprint density at radius 2 is 1.83 bits per heavy atom. The number of pyridine rings is 1. The van der Waals surface area contributed by atoms with E-state index in [9.17, 15) is 18.0 Å². The third-order valence-electron chi connectivity index (χ3n) is 5.67. The van der Waals surface area contributed by atoms with Crippen LogP contribution in [0.3, 0.4) is 0 Å². The van der Waals surface area contributed by atoms with Gasteiger partial charge in [0.05, 0.1) is 17.7 Å². The number of nitrogens with zero attached hydrogens (tertiary/aromatic N) is 2. The van der Waals surface area contributed by atoms with E-state index in [4.69, 9.17) is 17.0 Å². The van der Waals surface area contributed by atoms with E-state index in [2.05, 4.69) is 10.3 Å². The highest BCUT2D eigenvalue weighted by atomic mass is 32.1. The van der Waals surface area contributed by atoms with Gasteiger partial charge in [-0.15, -0.1) is 0 Å². The number of carbonyl (C=O) groups excluding carboxylic acids is 1. The Balaban J connectivity index is 1.61. The minimum Gasteiger partial charge on any atom is -0.494 e. The number of aromatic nitrogens is 1. The summed E-state index contributed by atoms with van der Waals surface area (Å²) in [6, 6.07) is 15.4. The highest BCUT2D eigenvalue weighted by Gasteiger charge is 2.33. The number of hydrogen-bond acceptors (Lipinski definition) is 4. The van der Waals surface area contributed by atoms with Crippen LogP contribution in [0.2, 0.25) is 0 Å². The van der Waals surface area contributed by atoms with Crippen molar-refractivity contribution >= 4 is 29.3 Å². The number of aldehydes is 1. The lowest BCUT2D eigenvalue weighted by Crippen LogP contribution is -2.51. The van der Waals surface area contributed by atoms with Crippen LogP contribution in [-0.2, 0) is 11.0 Å². The maximum atomic E-state index is 13.3. The number of nitrogens with one attached hydrogen (secondary N) is 1. The fraction of sp³-hybridized carbons (Fsp3) is 0.296. The second kappa shape index (κ2) is 11.5. The van der Waals surface area contributed by atoms with Crippen molar-refractivity contribution in [1.29, 1.82) is 0 Å². The zero-order valence-electron chi connectivity index (χ0n) is 20.3. The Hall–Kier alpha value is -3.46. The van der Waals surface area contributed by atoms with E-state index in [1.54, 1.807) is 31.1 Å². The molecule has 0 spiro atoms. The Morgan fingerprint density at radius 1 is 1.11 bits per heavy atom. The Bertz CT molecular complexity index is 1180. The molecule has 0 saturated heterocycles. The maximum Gasteiger partial charge on any atom is 0.416 e. The fourth-order valence-electron chi connectivity index (χ4n) is 3.60. The van der Waals surface area contributed by atoms with Gasteiger partial charge in [-0.1, -0.05) is 24.3 Å². The molecule has 3 aromatic rings. The molecule has 0 radical (unpaired) electrons. The summed E-state index contributed by atoms with van der Waals surface area (Å²) >= 11 is 5.47. The smallest absolute Gasteiger partial charge is 0.416 e. The van der Waals surface area contributed by atoms with Crippen molar-refractivity contribution in [2.75, 3.05) is 18.5 Å². The van der Waals surface area contributed by atoms with E-state index < -0.39 is 17.3 Å². The van der Waals surface area contributed by atoms with Gasteiger partial charge >= 0.3 is 6.18 Å². The summed E-state index contributed by atoms with van der Waals surface area (Å²) in [5.74, 6) is 0.698. The molecule has 190 valence electrons. The van der Waals surface area contributed by atoms with Crippen LogP contribution in [0.4, 0.5) is 18.9 Å². The van der Waals surface area contributed by atoms with Gasteiger partial charge in [0, 0.05) is 24.6 Å². The van der Waals surface area contributed by atoms with Gasteiger partial charge in [0.1, 0.15) is 12.0 Å². The van der Waals surface area contributed by atoms with Crippen LogP contribution in [0.5, 0.6) is 5.75 Å². The van der Waals surface area contributed by atoms with Crippen molar-refractivity contribution in [3.05, 3.63) is 78.1 Å². The third kappa shape index (κ3) is 7.04. The van der Waals surface area contributed by atoms with E-state index in [1.165, 1.54) is 19.1 Å². The highest BCUT2D eigenvalue weighted by molar-refractivity contribution is 7.80. The minimum absolute atomic E-state index is 0.120. The molecule has 1 aromatic heterocycles. The molecule has 0 aliphatic heterocycles. The second-order valence-corrected chi connectivity index (χ2v) is 9.24. The lowest BCUT2D eigenvalue weighted by Gasteiger charge is -2.36. The molecule has 1 heterocycles. The van der Waals surface area contributed by atoms with Gasteiger partial charge in [0.25, 0.3) is 0 Å². The quantitative estimate of drug-likeness (QED) is 0.199. The predicted octanol–water partition coefficient (Wildman–Crippen LogP) is 6.52. The Morgan fingerprint density at radius 3 is 2.44 bits per heavy atom. The molecular weight excluding hydrogens is 487 g/mol. The molecule has 0 amide bonds. The maximum absolute atomic E-state index is 13.3. The van der Waals surface area contributed by atoms with Crippen molar-refractivity contribution in [3.8, 4) is 16.9 Å². The monoisotopic (exact) mass is 515 g/mol. The minimum atomic E-state index is -4.47. The van der Waals surface area contributed by atoms with Gasteiger partial charge in [-0.3, -0.25) is 4.98 Å². The van der Waals surface area contributed by atoms with Crippen molar-refractivity contribution in [2.24, 2.45) is 0 Å². The molecule has 3 rings (SSSR count). The molecule has 5 nitrogen and oxygen atoms in total. The Kier molecular flexibility index (Phi) is 8.68. The first-order chi connectivity index (χ1) is 17.0. The molecule has 0 aliphatic carbocycles. The number of alkyl halides is 3. The zero-order valence-corrected chi connectivity index (χ0v) is 21.1. The number of aryl methyl sites for hydroxylation is 1. The number of halogens is 3. The summed E-state index contributed by atoms with van der Waals surface area (Å²) < 4.78 is 45.7. The van der Waals surface area contributed by atoms with Crippen LogP contribution in [0.1, 0.15) is 31.4 Å². The molecular formula is C27H28F3N3O2S. The molecule has 1 N–H and O–H groups in total. The van der Waals surface area contributed by atoms with Crippen molar-refractivity contribution in [1.82, 2.24) is 9.88 Å². The molecule has 0 fully saturated rings. The summed E-state index contributed by atoms with van der Waals surface area (Å²) in [5, 5.41) is 3.01. The SMILES string of the molecule is Cc1ccc(NC(=S)N(CCCOc2ccc(-c3cccnc3)cc2)C(C)(C)C=O)cc1C(F)(F)F. The van der Waals surface area contributed by atoms with E-state index in [0.717, 1.165) is 23.5 Å². The van der Waals surface area contributed by atoms with Crippen LogP contribution >= 0.6 is 12.2 Å². The molecule has 36 heavy (non-hydrogen) atoms. The molecule has 9 heteroatoms. The number of carbonyl (C=O) groups is 1. The zero-order chi connectivity index (χ0) is 26.3. The number of anilines is 1. The number of benzene rings is 2. The molecule has 0 atom stereocenters. The van der Waals surface area contributed by atoms with Gasteiger partial charge in [0.2, 0.25) is 0 Å². The summed E-state index contributed by atoms with van der Waals surface area (Å²) in [6.45, 7) is 5.52. The number of hydrogen-bond donors (Lipinski definition) is 1. The van der Waals surface area contributed by atoms with Crippen molar-refractivity contribution in [2.45, 2.75) is 38.9 Å². The van der Waals surface area contributed by atoms with E-state index in [0.29, 0.717) is 25.3 Å². The Labute approximate surface area is 214 Å². The fourth-order valence-corrected chi connectivity index (χ4v) is 4.05. The normalized spacial score (nSPS) is 11.6. The van der Waals surface area contributed by atoms with Gasteiger partial charge in [0.15, 0.2) is 5.11 Å².